The van der Waals surface area contributed by atoms with E-state index in [1.54, 1.807) is 18.7 Å². The monoisotopic (exact) mass is 408 g/mol. The number of benzene rings is 1. The van der Waals surface area contributed by atoms with Crippen LogP contribution in [0.1, 0.15) is 47.3 Å². The Kier molecular flexibility index (Phi) is 6.81. The average molecular weight is 409 g/mol. The van der Waals surface area contributed by atoms with Crippen LogP contribution in [-0.4, -0.2) is 48.3 Å². The van der Waals surface area contributed by atoms with Crippen molar-refractivity contribution < 1.29 is 13.2 Å². The summed E-state index contributed by atoms with van der Waals surface area (Å²) in [5.41, 5.74) is 4.02. The number of carbonyl (C=O) groups excluding carboxylic acids is 1. The summed E-state index contributed by atoms with van der Waals surface area (Å²) in [6.07, 6.45) is 0. The Morgan fingerprint density at radius 3 is 2.44 bits per heavy atom. The summed E-state index contributed by atoms with van der Waals surface area (Å²) in [5, 5.41) is 0.818. The van der Waals surface area contributed by atoms with Crippen LogP contribution >= 0.6 is 11.3 Å². The third-order valence-electron chi connectivity index (χ3n) is 4.67. The molecule has 1 heterocycles. The van der Waals surface area contributed by atoms with Gasteiger partial charge < -0.3 is 4.90 Å². The van der Waals surface area contributed by atoms with E-state index in [1.807, 2.05) is 39.8 Å². The number of aromatic nitrogens is 1. The Labute approximate surface area is 166 Å². The molecule has 1 unspecified atom stereocenters. The minimum atomic E-state index is -3.15. The van der Waals surface area contributed by atoms with E-state index >= 15 is 0 Å². The highest BCUT2D eigenvalue weighted by molar-refractivity contribution is 7.91. The molecule has 0 N–H and O–H groups in total. The molecule has 1 amide bonds. The molecule has 27 heavy (non-hydrogen) atoms. The van der Waals surface area contributed by atoms with E-state index in [0.717, 1.165) is 16.1 Å². The molecule has 0 saturated carbocycles. The fourth-order valence-corrected chi connectivity index (χ4v) is 5.39. The van der Waals surface area contributed by atoms with E-state index < -0.39 is 9.84 Å². The highest BCUT2D eigenvalue weighted by Gasteiger charge is 2.27. The summed E-state index contributed by atoms with van der Waals surface area (Å²) in [5.74, 6) is -0.0907. The van der Waals surface area contributed by atoms with E-state index in [1.165, 1.54) is 16.9 Å². The van der Waals surface area contributed by atoms with Crippen LogP contribution in [-0.2, 0) is 9.84 Å². The summed E-state index contributed by atoms with van der Waals surface area (Å²) < 4.78 is 23.9. The van der Waals surface area contributed by atoms with Gasteiger partial charge in [0.2, 0.25) is 0 Å². The topological polar surface area (TPSA) is 67.3 Å². The molecule has 0 aliphatic rings. The molecule has 2 rings (SSSR count). The highest BCUT2D eigenvalue weighted by Crippen LogP contribution is 2.31. The van der Waals surface area contributed by atoms with Gasteiger partial charge in [-0.2, -0.15) is 0 Å². The first-order valence-electron chi connectivity index (χ1n) is 9.16. The SMILES string of the molecule is CCN(C(=O)c1sc(-c2ccc(C)cc2C)nc1C)C(C)CS(=O)(=O)CC. The number of thiazole rings is 1. The molecule has 5 nitrogen and oxygen atoms in total. The maximum Gasteiger partial charge on any atom is 0.266 e. The number of hydrogen-bond donors (Lipinski definition) is 0. The van der Waals surface area contributed by atoms with Crippen molar-refractivity contribution in [3.05, 3.63) is 39.9 Å². The van der Waals surface area contributed by atoms with Crippen molar-refractivity contribution in [1.29, 1.82) is 0 Å². The van der Waals surface area contributed by atoms with E-state index in [0.29, 0.717) is 17.1 Å². The molecule has 2 aromatic rings. The first-order chi connectivity index (χ1) is 12.6. The lowest BCUT2D eigenvalue weighted by molar-refractivity contribution is 0.0723. The number of amides is 1. The predicted octanol–water partition coefficient (Wildman–Crippen LogP) is 4.02. The molecule has 0 fully saturated rings. The van der Waals surface area contributed by atoms with Crippen LogP contribution in [0, 0.1) is 20.8 Å². The van der Waals surface area contributed by atoms with Gasteiger partial charge in [-0.05, 0) is 40.2 Å². The lowest BCUT2D eigenvalue weighted by Crippen LogP contribution is -2.42. The van der Waals surface area contributed by atoms with Gasteiger partial charge in [-0.25, -0.2) is 13.4 Å². The van der Waals surface area contributed by atoms with Gasteiger partial charge >= 0.3 is 0 Å². The first kappa shape index (κ1) is 21.6. The third kappa shape index (κ3) is 4.96. The largest absolute Gasteiger partial charge is 0.334 e. The van der Waals surface area contributed by atoms with Crippen molar-refractivity contribution in [1.82, 2.24) is 9.88 Å². The number of hydrogen-bond acceptors (Lipinski definition) is 5. The van der Waals surface area contributed by atoms with Crippen LogP contribution in [0.2, 0.25) is 0 Å². The van der Waals surface area contributed by atoms with Crippen molar-refractivity contribution in [2.75, 3.05) is 18.1 Å². The van der Waals surface area contributed by atoms with Crippen molar-refractivity contribution in [3.63, 3.8) is 0 Å². The Morgan fingerprint density at radius 1 is 1.22 bits per heavy atom. The number of carbonyl (C=O) groups is 1. The second kappa shape index (κ2) is 8.52. The minimum absolute atomic E-state index is 0.0230. The normalized spacial score (nSPS) is 12.8. The maximum absolute atomic E-state index is 13.1. The van der Waals surface area contributed by atoms with Gasteiger partial charge in [0.1, 0.15) is 9.88 Å². The average Bonchev–Trinajstić information content (AvgIpc) is 2.96. The Morgan fingerprint density at radius 2 is 1.89 bits per heavy atom. The lowest BCUT2D eigenvalue weighted by Gasteiger charge is -2.27. The van der Waals surface area contributed by atoms with E-state index in [-0.39, 0.29) is 23.5 Å². The van der Waals surface area contributed by atoms with E-state index in [4.69, 9.17) is 0 Å². The standard InChI is InChI=1S/C20H28N2O3S2/c1-7-22(15(5)12-27(24,25)8-2)20(23)18-16(6)21-19(26-18)17-10-9-13(3)11-14(17)4/h9-11,15H,7-8,12H2,1-6H3. The number of rotatable bonds is 7. The Balaban J connectivity index is 2.34. The quantitative estimate of drug-likeness (QED) is 0.694. The number of aryl methyl sites for hydroxylation is 3. The van der Waals surface area contributed by atoms with Gasteiger partial charge in [0.05, 0.1) is 11.4 Å². The molecule has 0 saturated heterocycles. The molecule has 1 aromatic heterocycles. The molecule has 0 aliphatic heterocycles. The molecule has 0 aliphatic carbocycles. The van der Waals surface area contributed by atoms with Gasteiger partial charge in [0, 0.05) is 23.9 Å². The maximum atomic E-state index is 13.1. The molecular formula is C20H28N2O3S2. The van der Waals surface area contributed by atoms with Gasteiger partial charge in [-0.15, -0.1) is 11.3 Å². The summed E-state index contributed by atoms with van der Waals surface area (Å²) >= 11 is 1.37. The van der Waals surface area contributed by atoms with Crippen molar-refractivity contribution in [2.45, 2.75) is 47.6 Å². The van der Waals surface area contributed by atoms with Crippen LogP contribution in [0.15, 0.2) is 18.2 Å². The molecule has 148 valence electrons. The fourth-order valence-electron chi connectivity index (χ4n) is 3.12. The molecule has 1 atom stereocenters. The van der Waals surface area contributed by atoms with E-state index in [2.05, 4.69) is 11.1 Å². The summed E-state index contributed by atoms with van der Waals surface area (Å²) in [6.45, 7) is 11.7. The van der Waals surface area contributed by atoms with Gasteiger partial charge in [-0.1, -0.05) is 30.7 Å². The van der Waals surface area contributed by atoms with Gasteiger partial charge in [0.25, 0.3) is 5.91 Å². The zero-order chi connectivity index (χ0) is 20.4. The Bertz CT molecular complexity index is 933. The van der Waals surface area contributed by atoms with Crippen LogP contribution in [0.3, 0.4) is 0 Å². The molecule has 0 spiro atoms. The fraction of sp³-hybridized carbons (Fsp3) is 0.500. The molecule has 0 bridgehead atoms. The van der Waals surface area contributed by atoms with Crippen molar-refractivity contribution >= 4 is 27.1 Å². The summed E-state index contributed by atoms with van der Waals surface area (Å²) in [7, 11) is -3.15. The van der Waals surface area contributed by atoms with Crippen LogP contribution in [0.25, 0.3) is 10.6 Å². The van der Waals surface area contributed by atoms with E-state index in [9.17, 15) is 13.2 Å². The Hall–Kier alpha value is -1.73. The second-order valence-corrected chi connectivity index (χ2v) is 10.3. The molecular weight excluding hydrogens is 380 g/mol. The minimum Gasteiger partial charge on any atom is -0.334 e. The van der Waals surface area contributed by atoms with Crippen LogP contribution in [0.5, 0.6) is 0 Å². The van der Waals surface area contributed by atoms with Crippen molar-refractivity contribution in [2.24, 2.45) is 0 Å². The molecule has 1 aromatic carbocycles. The smallest absolute Gasteiger partial charge is 0.266 e. The zero-order valence-electron chi connectivity index (χ0n) is 16.9. The third-order valence-corrected chi connectivity index (χ3v) is 7.72. The highest BCUT2D eigenvalue weighted by atomic mass is 32.2. The van der Waals surface area contributed by atoms with Crippen molar-refractivity contribution in [3.8, 4) is 10.6 Å². The molecule has 0 radical (unpaired) electrons. The van der Waals surface area contributed by atoms with Crippen LogP contribution in [0.4, 0.5) is 0 Å². The second-order valence-electron chi connectivity index (χ2n) is 6.89. The first-order valence-corrected chi connectivity index (χ1v) is 11.8. The predicted molar refractivity (Wildman–Crippen MR) is 112 cm³/mol. The molecule has 7 heteroatoms. The number of sulfone groups is 1. The summed E-state index contributed by atoms with van der Waals surface area (Å²) in [4.78, 5) is 19.9. The summed E-state index contributed by atoms with van der Waals surface area (Å²) in [6, 6.07) is 5.80. The van der Waals surface area contributed by atoms with Gasteiger partial charge in [0.15, 0.2) is 9.84 Å². The number of nitrogens with zero attached hydrogens (tertiary/aromatic N) is 2. The van der Waals surface area contributed by atoms with Gasteiger partial charge in [-0.3, -0.25) is 4.79 Å². The zero-order valence-corrected chi connectivity index (χ0v) is 18.5. The lowest BCUT2D eigenvalue weighted by atomic mass is 10.1. The van der Waals surface area contributed by atoms with Crippen LogP contribution < -0.4 is 0 Å².